The first kappa shape index (κ1) is 39.9. The fraction of sp³-hybridized carbons (Fsp3) is 0.279. The normalized spacial score (nSPS) is 21.3. The number of methoxy groups -OCH3 is 1. The van der Waals surface area contributed by atoms with Gasteiger partial charge in [-0.15, -0.1) is 0 Å². The van der Waals surface area contributed by atoms with Crippen LogP contribution < -0.4 is 4.74 Å². The second kappa shape index (κ2) is 18.3. The van der Waals surface area contributed by atoms with Gasteiger partial charge < -0.3 is 33.5 Å². The van der Waals surface area contributed by atoms with Crippen molar-refractivity contribution in [1.29, 1.82) is 0 Å². The fourth-order valence-corrected chi connectivity index (χ4v) is 6.65. The summed E-state index contributed by atoms with van der Waals surface area (Å²) in [4.78, 5) is 13.2. The maximum Gasteiger partial charge on any atom is 0.422 e. The minimum absolute atomic E-state index is 0.0681. The minimum atomic E-state index is -4.47. The lowest BCUT2D eigenvalue weighted by molar-refractivity contribution is -0.377. The Balaban J connectivity index is 1.40. The molecule has 0 amide bonds. The zero-order valence-electron chi connectivity index (χ0n) is 29.9. The number of aliphatic carboxylic acids is 1. The highest BCUT2D eigenvalue weighted by molar-refractivity contribution is 6.31. The van der Waals surface area contributed by atoms with Crippen molar-refractivity contribution in [1.82, 2.24) is 0 Å². The van der Waals surface area contributed by atoms with E-state index in [1.165, 1.54) is 19.2 Å². The zero-order chi connectivity index (χ0) is 38.8. The van der Waals surface area contributed by atoms with Crippen molar-refractivity contribution >= 4 is 17.6 Å². The highest BCUT2D eigenvalue weighted by atomic mass is 35.5. The number of hydrogen-bond acceptors (Lipinski definition) is 7. The van der Waals surface area contributed by atoms with Crippen LogP contribution in [0.4, 0.5) is 13.2 Å². The van der Waals surface area contributed by atoms with E-state index in [1.807, 2.05) is 91.0 Å². The SMILES string of the molecule is CO[C@@]1(c2ccc(Cl)c(Cc3ccc(OCC(F)(F)F)cc3)c2)O[C@H](C(=O)O)[C@@H](OCc2ccccc2)[C@H](OCc2ccccc2)[C@H]1OCc1ccccc1. The summed E-state index contributed by atoms with van der Waals surface area (Å²) in [7, 11) is 1.41. The molecule has 5 aromatic carbocycles. The fourth-order valence-electron chi connectivity index (χ4n) is 6.47. The molecule has 12 heteroatoms. The number of benzene rings is 5. The molecule has 1 aliphatic heterocycles. The highest BCUT2D eigenvalue weighted by Crippen LogP contribution is 2.45. The first-order valence-corrected chi connectivity index (χ1v) is 17.9. The van der Waals surface area contributed by atoms with Gasteiger partial charge in [-0.2, -0.15) is 13.2 Å². The number of ether oxygens (including phenoxy) is 6. The molecule has 0 spiro atoms. The number of carboxylic acid groups (broad SMARTS) is 1. The Hall–Kier alpha value is -4.75. The van der Waals surface area contributed by atoms with Crippen LogP contribution >= 0.6 is 11.6 Å². The molecule has 8 nitrogen and oxygen atoms in total. The van der Waals surface area contributed by atoms with E-state index in [-0.39, 0.29) is 32.0 Å². The summed E-state index contributed by atoms with van der Waals surface area (Å²) in [6.07, 6.45) is -9.09. The molecular weight excluding hydrogens is 737 g/mol. The van der Waals surface area contributed by atoms with Crippen LogP contribution in [-0.2, 0) is 60.5 Å². The van der Waals surface area contributed by atoms with Crippen molar-refractivity contribution in [2.24, 2.45) is 0 Å². The number of rotatable bonds is 16. The number of carboxylic acids is 1. The Morgan fingerprint density at radius 1 is 0.727 bits per heavy atom. The Labute approximate surface area is 322 Å². The highest BCUT2D eigenvalue weighted by Gasteiger charge is 2.60. The van der Waals surface area contributed by atoms with Crippen molar-refractivity contribution in [2.45, 2.75) is 62.6 Å². The minimum Gasteiger partial charge on any atom is -0.484 e. The van der Waals surface area contributed by atoms with Crippen LogP contribution in [0.25, 0.3) is 0 Å². The molecule has 55 heavy (non-hydrogen) atoms. The molecule has 1 aliphatic rings. The van der Waals surface area contributed by atoms with Crippen LogP contribution in [0.15, 0.2) is 133 Å². The van der Waals surface area contributed by atoms with E-state index in [2.05, 4.69) is 0 Å². The van der Waals surface area contributed by atoms with Gasteiger partial charge in [0, 0.05) is 17.7 Å². The Morgan fingerprint density at radius 2 is 1.25 bits per heavy atom. The Morgan fingerprint density at radius 3 is 1.76 bits per heavy atom. The molecule has 0 radical (unpaired) electrons. The number of hydrogen-bond donors (Lipinski definition) is 1. The van der Waals surface area contributed by atoms with E-state index >= 15 is 0 Å². The van der Waals surface area contributed by atoms with Crippen molar-refractivity contribution in [3.63, 3.8) is 0 Å². The standard InChI is InChI=1S/C43H40ClF3O8/c1-50-43(34-19-22-36(44)33(24-34)23-29-17-20-35(21-18-29)54-28-42(45,46)47)40(53-27-32-15-9-4-10-16-32)38(52-26-31-13-7-3-8-14-31)37(39(55-43)41(48)49)51-25-30-11-5-2-6-12-30/h2-22,24,37-40H,23,25-28H2,1H3,(H,48,49)/t37-,38-,39-,40+,43-/m0/s1. The van der Waals surface area contributed by atoms with Gasteiger partial charge in [-0.3, -0.25) is 0 Å². The van der Waals surface area contributed by atoms with Crippen LogP contribution in [0, 0.1) is 0 Å². The van der Waals surface area contributed by atoms with Crippen LogP contribution in [0.3, 0.4) is 0 Å². The van der Waals surface area contributed by atoms with E-state index in [0.29, 0.717) is 16.1 Å². The van der Waals surface area contributed by atoms with Crippen molar-refractivity contribution in [2.75, 3.05) is 13.7 Å². The molecule has 6 rings (SSSR count). The second-order valence-electron chi connectivity index (χ2n) is 13.0. The molecule has 0 aliphatic carbocycles. The summed E-state index contributed by atoms with van der Waals surface area (Å²) in [5, 5.41) is 11.1. The molecule has 1 fully saturated rings. The van der Waals surface area contributed by atoms with E-state index in [9.17, 15) is 23.1 Å². The molecule has 1 saturated heterocycles. The molecular formula is C43H40ClF3O8. The van der Waals surface area contributed by atoms with Gasteiger partial charge in [0.05, 0.1) is 19.8 Å². The lowest BCUT2D eigenvalue weighted by atomic mass is 9.86. The van der Waals surface area contributed by atoms with E-state index in [4.69, 9.17) is 40.0 Å². The molecule has 0 aromatic heterocycles. The van der Waals surface area contributed by atoms with Gasteiger partial charge in [-0.05, 0) is 58.5 Å². The molecule has 1 heterocycles. The van der Waals surface area contributed by atoms with Gasteiger partial charge in [0.25, 0.3) is 0 Å². The number of halogens is 4. The van der Waals surface area contributed by atoms with Crippen LogP contribution in [0.2, 0.25) is 5.02 Å². The maximum absolute atomic E-state index is 13.2. The molecule has 288 valence electrons. The molecule has 5 aromatic rings. The maximum atomic E-state index is 13.2. The van der Waals surface area contributed by atoms with Gasteiger partial charge >= 0.3 is 12.1 Å². The largest absolute Gasteiger partial charge is 0.484 e. The monoisotopic (exact) mass is 776 g/mol. The first-order chi connectivity index (χ1) is 26.5. The molecule has 1 N–H and O–H groups in total. The Kier molecular flexibility index (Phi) is 13.3. The average molecular weight is 777 g/mol. The third-order valence-corrected chi connectivity index (χ3v) is 9.52. The van der Waals surface area contributed by atoms with Crippen molar-refractivity contribution in [3.8, 4) is 5.75 Å². The Bertz CT molecular complexity index is 1970. The summed E-state index contributed by atoms with van der Waals surface area (Å²) >= 11 is 6.73. The molecule has 0 bridgehead atoms. The predicted molar refractivity (Wildman–Crippen MR) is 199 cm³/mol. The van der Waals surface area contributed by atoms with Gasteiger partial charge in [0.1, 0.15) is 24.1 Å². The molecule has 0 saturated carbocycles. The van der Waals surface area contributed by atoms with Crippen LogP contribution in [-0.4, -0.2) is 55.4 Å². The summed E-state index contributed by atoms with van der Waals surface area (Å²) in [6.45, 7) is -1.14. The third-order valence-electron chi connectivity index (χ3n) is 9.16. The number of alkyl halides is 3. The van der Waals surface area contributed by atoms with Gasteiger partial charge in [0.2, 0.25) is 5.79 Å². The van der Waals surface area contributed by atoms with E-state index < -0.39 is 49.0 Å². The summed E-state index contributed by atoms with van der Waals surface area (Å²) in [6, 6.07) is 39.6. The summed E-state index contributed by atoms with van der Waals surface area (Å²) in [5.41, 5.74) is 4.25. The molecule has 5 atom stereocenters. The summed E-state index contributed by atoms with van der Waals surface area (Å²) < 4.78 is 75.5. The predicted octanol–water partition coefficient (Wildman–Crippen LogP) is 8.91. The van der Waals surface area contributed by atoms with Gasteiger partial charge in [-0.1, -0.05) is 121 Å². The van der Waals surface area contributed by atoms with Crippen LogP contribution in [0.5, 0.6) is 5.75 Å². The summed E-state index contributed by atoms with van der Waals surface area (Å²) in [5.74, 6) is -3.09. The van der Waals surface area contributed by atoms with Gasteiger partial charge in [-0.25, -0.2) is 4.79 Å². The van der Waals surface area contributed by atoms with Crippen molar-refractivity contribution in [3.05, 3.63) is 172 Å². The van der Waals surface area contributed by atoms with E-state index in [0.717, 1.165) is 22.3 Å². The van der Waals surface area contributed by atoms with Crippen molar-refractivity contribution < 1.29 is 51.5 Å². The zero-order valence-corrected chi connectivity index (χ0v) is 30.6. The lowest BCUT2D eigenvalue weighted by Crippen LogP contribution is -2.67. The van der Waals surface area contributed by atoms with Gasteiger partial charge in [0.15, 0.2) is 12.7 Å². The average Bonchev–Trinajstić information content (AvgIpc) is 3.19. The smallest absolute Gasteiger partial charge is 0.422 e. The number of carbonyl (C=O) groups is 1. The lowest BCUT2D eigenvalue weighted by Gasteiger charge is -2.51. The third kappa shape index (κ3) is 10.3. The topological polar surface area (TPSA) is 92.7 Å². The van der Waals surface area contributed by atoms with Crippen LogP contribution in [0.1, 0.15) is 33.4 Å². The quantitative estimate of drug-likeness (QED) is 0.106. The second-order valence-corrected chi connectivity index (χ2v) is 13.4. The van der Waals surface area contributed by atoms with E-state index in [1.54, 1.807) is 30.3 Å². The first-order valence-electron chi connectivity index (χ1n) is 17.5. The molecule has 0 unspecified atom stereocenters.